The number of aromatic nitrogens is 2. The van der Waals surface area contributed by atoms with Gasteiger partial charge in [0.25, 0.3) is 0 Å². The standard InChI is InChI=1S/C16H10BrCl2N3/c1-9(13-3-2-12(18)5-14(13)19)22-8-10(6-20)16-15(22)4-11(17)7-21-16/h2-5,7-9H,1H3. The van der Waals surface area contributed by atoms with Crippen LogP contribution in [0.15, 0.2) is 41.1 Å². The van der Waals surface area contributed by atoms with E-state index < -0.39 is 0 Å². The third-order valence-corrected chi connectivity index (χ3v) is 4.58. The van der Waals surface area contributed by atoms with E-state index in [0.29, 0.717) is 21.1 Å². The first-order chi connectivity index (χ1) is 10.5. The topological polar surface area (TPSA) is 41.6 Å². The largest absolute Gasteiger partial charge is 0.337 e. The van der Waals surface area contributed by atoms with Crippen LogP contribution in [0.5, 0.6) is 0 Å². The molecule has 0 aliphatic carbocycles. The first-order valence-corrected chi connectivity index (χ1v) is 8.07. The summed E-state index contributed by atoms with van der Waals surface area (Å²) in [5, 5.41) is 10.5. The van der Waals surface area contributed by atoms with Crippen molar-refractivity contribution in [2.24, 2.45) is 0 Å². The number of nitrogens with zero attached hydrogens (tertiary/aromatic N) is 3. The molecule has 0 saturated heterocycles. The van der Waals surface area contributed by atoms with Gasteiger partial charge < -0.3 is 4.57 Å². The second-order valence-corrected chi connectivity index (χ2v) is 6.68. The van der Waals surface area contributed by atoms with E-state index in [4.69, 9.17) is 23.2 Å². The molecule has 0 N–H and O–H groups in total. The van der Waals surface area contributed by atoms with Crippen LogP contribution >= 0.6 is 39.1 Å². The lowest BCUT2D eigenvalue weighted by Gasteiger charge is -2.17. The molecule has 2 heterocycles. The van der Waals surface area contributed by atoms with Gasteiger partial charge in [-0.15, -0.1) is 0 Å². The van der Waals surface area contributed by atoms with Crippen LogP contribution in [0.3, 0.4) is 0 Å². The van der Waals surface area contributed by atoms with Crippen molar-refractivity contribution in [3.63, 3.8) is 0 Å². The maximum Gasteiger partial charge on any atom is 0.106 e. The molecule has 3 aromatic rings. The number of hydrogen-bond acceptors (Lipinski definition) is 2. The summed E-state index contributed by atoms with van der Waals surface area (Å²) in [5.41, 5.74) is 3.04. The van der Waals surface area contributed by atoms with E-state index in [2.05, 4.69) is 27.0 Å². The fourth-order valence-electron chi connectivity index (χ4n) is 2.50. The molecule has 1 unspecified atom stereocenters. The first kappa shape index (κ1) is 15.4. The fourth-order valence-corrected chi connectivity index (χ4v) is 3.38. The Balaban J connectivity index is 2.21. The molecule has 2 aromatic heterocycles. The number of halogens is 3. The number of benzene rings is 1. The van der Waals surface area contributed by atoms with E-state index >= 15 is 0 Å². The molecule has 110 valence electrons. The van der Waals surface area contributed by atoms with Gasteiger partial charge in [-0.05, 0) is 46.6 Å². The minimum atomic E-state index is -0.0505. The highest BCUT2D eigenvalue weighted by molar-refractivity contribution is 9.10. The first-order valence-electron chi connectivity index (χ1n) is 6.52. The van der Waals surface area contributed by atoms with Gasteiger partial charge in [0.1, 0.15) is 11.6 Å². The van der Waals surface area contributed by atoms with Gasteiger partial charge in [0, 0.05) is 26.9 Å². The molecule has 0 aliphatic heterocycles. The average Bonchev–Trinajstić information content (AvgIpc) is 2.84. The zero-order valence-electron chi connectivity index (χ0n) is 11.5. The molecule has 22 heavy (non-hydrogen) atoms. The molecular formula is C16H10BrCl2N3. The van der Waals surface area contributed by atoms with Crippen LogP contribution in [0.4, 0.5) is 0 Å². The summed E-state index contributed by atoms with van der Waals surface area (Å²) in [6.45, 7) is 2.02. The molecule has 3 rings (SSSR count). The summed E-state index contributed by atoms with van der Waals surface area (Å²) in [6.07, 6.45) is 3.49. The van der Waals surface area contributed by atoms with Gasteiger partial charge in [0.2, 0.25) is 0 Å². The van der Waals surface area contributed by atoms with Crippen molar-refractivity contribution in [3.05, 3.63) is 62.3 Å². The Hall–Kier alpha value is -1.54. The summed E-state index contributed by atoms with van der Waals surface area (Å²) in [7, 11) is 0. The molecule has 0 radical (unpaired) electrons. The summed E-state index contributed by atoms with van der Waals surface area (Å²) in [5.74, 6) is 0. The van der Waals surface area contributed by atoms with Gasteiger partial charge in [0.15, 0.2) is 0 Å². The highest BCUT2D eigenvalue weighted by atomic mass is 79.9. The van der Waals surface area contributed by atoms with E-state index in [9.17, 15) is 5.26 Å². The van der Waals surface area contributed by atoms with Crippen molar-refractivity contribution >= 4 is 50.2 Å². The van der Waals surface area contributed by atoms with Gasteiger partial charge in [0.05, 0.1) is 17.1 Å². The Morgan fingerprint density at radius 3 is 2.77 bits per heavy atom. The lowest BCUT2D eigenvalue weighted by atomic mass is 10.1. The monoisotopic (exact) mass is 393 g/mol. The summed E-state index contributed by atoms with van der Waals surface area (Å²) in [4.78, 5) is 4.34. The van der Waals surface area contributed by atoms with Crippen molar-refractivity contribution in [1.29, 1.82) is 5.26 Å². The normalized spacial score (nSPS) is 12.3. The lowest BCUT2D eigenvalue weighted by Crippen LogP contribution is -2.06. The minimum Gasteiger partial charge on any atom is -0.337 e. The predicted molar refractivity (Wildman–Crippen MR) is 92.4 cm³/mol. The number of pyridine rings is 1. The predicted octanol–water partition coefficient (Wildman–Crippen LogP) is 5.59. The second kappa shape index (κ2) is 5.92. The highest BCUT2D eigenvalue weighted by Gasteiger charge is 2.17. The van der Waals surface area contributed by atoms with E-state index in [1.54, 1.807) is 18.5 Å². The van der Waals surface area contributed by atoms with Gasteiger partial charge in [-0.1, -0.05) is 29.3 Å². The Kier molecular flexibility index (Phi) is 4.14. The van der Waals surface area contributed by atoms with Crippen LogP contribution in [-0.2, 0) is 0 Å². The molecular weight excluding hydrogens is 385 g/mol. The number of nitriles is 1. The Morgan fingerprint density at radius 2 is 2.09 bits per heavy atom. The second-order valence-electron chi connectivity index (χ2n) is 4.92. The van der Waals surface area contributed by atoms with Gasteiger partial charge in [-0.2, -0.15) is 5.26 Å². The zero-order chi connectivity index (χ0) is 15.9. The molecule has 1 atom stereocenters. The number of fused-ring (bicyclic) bond motifs is 1. The van der Waals surface area contributed by atoms with E-state index in [1.165, 1.54) is 0 Å². The third-order valence-electron chi connectivity index (χ3n) is 3.59. The van der Waals surface area contributed by atoms with Gasteiger partial charge in [-0.3, -0.25) is 4.98 Å². The smallest absolute Gasteiger partial charge is 0.106 e. The van der Waals surface area contributed by atoms with Crippen LogP contribution < -0.4 is 0 Å². The quantitative estimate of drug-likeness (QED) is 0.568. The molecule has 0 bridgehead atoms. The van der Waals surface area contributed by atoms with Gasteiger partial charge in [-0.25, -0.2) is 0 Å². The van der Waals surface area contributed by atoms with Crippen LogP contribution in [-0.4, -0.2) is 9.55 Å². The Morgan fingerprint density at radius 1 is 1.32 bits per heavy atom. The minimum absolute atomic E-state index is 0.0505. The van der Waals surface area contributed by atoms with Crippen molar-refractivity contribution in [2.45, 2.75) is 13.0 Å². The SMILES string of the molecule is CC(c1ccc(Cl)cc1Cl)n1cc(C#N)c2ncc(Br)cc21. The van der Waals surface area contributed by atoms with Crippen LogP contribution in [0.2, 0.25) is 10.0 Å². The Labute approximate surface area is 146 Å². The molecule has 0 saturated carbocycles. The average molecular weight is 395 g/mol. The molecule has 0 aliphatic rings. The van der Waals surface area contributed by atoms with Crippen molar-refractivity contribution in [3.8, 4) is 6.07 Å². The highest BCUT2D eigenvalue weighted by Crippen LogP contribution is 2.32. The van der Waals surface area contributed by atoms with Crippen molar-refractivity contribution in [2.75, 3.05) is 0 Å². The van der Waals surface area contributed by atoms with E-state index in [1.807, 2.05) is 29.7 Å². The molecule has 1 aromatic carbocycles. The Bertz CT molecular complexity index is 912. The lowest BCUT2D eigenvalue weighted by molar-refractivity contribution is 0.663. The van der Waals surface area contributed by atoms with Crippen LogP contribution in [0.1, 0.15) is 24.1 Å². The maximum absolute atomic E-state index is 9.30. The summed E-state index contributed by atoms with van der Waals surface area (Å²) in [6, 6.07) is 9.52. The summed E-state index contributed by atoms with van der Waals surface area (Å²) >= 11 is 15.7. The zero-order valence-corrected chi connectivity index (χ0v) is 14.6. The van der Waals surface area contributed by atoms with Crippen molar-refractivity contribution in [1.82, 2.24) is 9.55 Å². The molecule has 0 spiro atoms. The number of hydrogen-bond donors (Lipinski definition) is 0. The fraction of sp³-hybridized carbons (Fsp3) is 0.125. The summed E-state index contributed by atoms with van der Waals surface area (Å²) < 4.78 is 2.86. The van der Waals surface area contributed by atoms with Gasteiger partial charge >= 0.3 is 0 Å². The van der Waals surface area contributed by atoms with Crippen molar-refractivity contribution < 1.29 is 0 Å². The third kappa shape index (κ3) is 2.61. The van der Waals surface area contributed by atoms with Crippen LogP contribution in [0, 0.1) is 11.3 Å². The molecule has 0 fully saturated rings. The van der Waals surface area contributed by atoms with E-state index in [-0.39, 0.29) is 6.04 Å². The number of rotatable bonds is 2. The molecule has 3 nitrogen and oxygen atoms in total. The molecule has 6 heteroatoms. The molecule has 0 amide bonds. The maximum atomic E-state index is 9.30. The van der Waals surface area contributed by atoms with E-state index in [0.717, 1.165) is 15.6 Å². The van der Waals surface area contributed by atoms with Crippen LogP contribution in [0.25, 0.3) is 11.0 Å².